The van der Waals surface area contributed by atoms with Gasteiger partial charge in [-0.25, -0.2) is 0 Å². The molecule has 0 saturated carbocycles. The maximum Gasteiger partial charge on any atom is -0.00201 e. The van der Waals surface area contributed by atoms with Gasteiger partial charge in [0.05, 0.1) is 0 Å². The lowest BCUT2D eigenvalue weighted by molar-refractivity contribution is 1.60. The lowest BCUT2D eigenvalue weighted by Gasteiger charge is -2.20. The van der Waals surface area contributed by atoms with Crippen molar-refractivity contribution in [1.29, 1.82) is 0 Å². The lowest BCUT2D eigenvalue weighted by Crippen LogP contribution is -1.94. The quantitative estimate of drug-likeness (QED) is 0.0970. The molecule has 0 aliphatic heterocycles. The van der Waals surface area contributed by atoms with E-state index in [-0.39, 0.29) is 0 Å². The zero-order valence-corrected chi connectivity index (χ0v) is 27.7. The topological polar surface area (TPSA) is 0 Å². The van der Waals surface area contributed by atoms with Crippen molar-refractivity contribution in [2.24, 2.45) is 0 Å². The molecule has 0 nitrogen and oxygen atoms in total. The van der Waals surface area contributed by atoms with E-state index < -0.39 is 0 Å². The third kappa shape index (κ3) is 4.69. The van der Waals surface area contributed by atoms with Gasteiger partial charge >= 0.3 is 0 Å². The van der Waals surface area contributed by atoms with Crippen LogP contribution in [0.4, 0.5) is 0 Å². The molecule has 0 heteroatoms. The Morgan fingerprint density at radius 3 is 1.48 bits per heavy atom. The molecular weight excluding hydrogens is 601 g/mol. The molecule has 0 aromatic heterocycles. The molecule has 0 heterocycles. The average molecular weight is 635 g/mol. The number of rotatable bonds is 6. The van der Waals surface area contributed by atoms with Crippen molar-refractivity contribution in [3.05, 3.63) is 201 Å². The van der Waals surface area contributed by atoms with Crippen LogP contribution in [0.15, 0.2) is 195 Å². The first-order valence-corrected chi connectivity index (χ1v) is 17.2. The summed E-state index contributed by atoms with van der Waals surface area (Å²) >= 11 is 0. The summed E-state index contributed by atoms with van der Waals surface area (Å²) in [5.74, 6) is 0. The van der Waals surface area contributed by atoms with Gasteiger partial charge in [0.25, 0.3) is 0 Å². The fourth-order valence-corrected chi connectivity index (χ4v) is 8.01. The van der Waals surface area contributed by atoms with E-state index in [1.54, 1.807) is 0 Å². The number of benzene rings is 9. The summed E-state index contributed by atoms with van der Waals surface area (Å²) in [6, 6.07) is 60.0. The summed E-state index contributed by atoms with van der Waals surface area (Å²) in [5, 5.41) is 12.6. The molecule has 0 aliphatic rings. The first-order valence-electron chi connectivity index (χ1n) is 17.2. The Morgan fingerprint density at radius 2 is 0.860 bits per heavy atom. The molecule has 0 aliphatic carbocycles. The van der Waals surface area contributed by atoms with E-state index in [4.69, 9.17) is 0 Å². The van der Waals surface area contributed by atoms with E-state index in [2.05, 4.69) is 177 Å². The first-order chi connectivity index (χ1) is 24.7. The van der Waals surface area contributed by atoms with Crippen LogP contribution in [0.1, 0.15) is 5.56 Å². The van der Waals surface area contributed by atoms with Gasteiger partial charge in [0.2, 0.25) is 0 Å². The van der Waals surface area contributed by atoms with E-state index in [1.165, 1.54) is 87.2 Å². The highest BCUT2D eigenvalue weighted by atomic mass is 14.2. The van der Waals surface area contributed by atoms with Gasteiger partial charge in [-0.05, 0) is 104 Å². The van der Waals surface area contributed by atoms with E-state index in [0.29, 0.717) is 0 Å². The molecule has 9 aromatic carbocycles. The molecular formula is C50H34. The average Bonchev–Trinajstić information content (AvgIpc) is 3.18. The Morgan fingerprint density at radius 1 is 0.380 bits per heavy atom. The van der Waals surface area contributed by atoms with Gasteiger partial charge in [-0.2, -0.15) is 0 Å². The van der Waals surface area contributed by atoms with Crippen LogP contribution >= 0.6 is 0 Å². The van der Waals surface area contributed by atoms with Gasteiger partial charge in [0.1, 0.15) is 0 Å². The minimum absolute atomic E-state index is 1.05. The molecule has 0 N–H and O–H groups in total. The molecule has 0 amide bonds. The number of hydrogen-bond donors (Lipinski definition) is 0. The second-order valence-electron chi connectivity index (χ2n) is 12.9. The number of fused-ring (bicyclic) bond motifs is 6. The maximum atomic E-state index is 4.13. The smallest absolute Gasteiger partial charge is 0.00201 e. The zero-order chi connectivity index (χ0) is 33.6. The minimum Gasteiger partial charge on any atom is -0.0990 e. The summed E-state index contributed by atoms with van der Waals surface area (Å²) in [5.41, 5.74) is 9.57. The number of allylic oxidation sites excluding steroid dienone is 4. The summed E-state index contributed by atoms with van der Waals surface area (Å²) in [7, 11) is 0. The highest BCUT2D eigenvalue weighted by Crippen LogP contribution is 2.46. The van der Waals surface area contributed by atoms with Gasteiger partial charge in [-0.3, -0.25) is 0 Å². The van der Waals surface area contributed by atoms with Gasteiger partial charge in [-0.15, -0.1) is 0 Å². The first kappa shape index (κ1) is 29.6. The summed E-state index contributed by atoms with van der Waals surface area (Å²) in [6.45, 7) is 8.09. The predicted octanol–water partition coefficient (Wildman–Crippen LogP) is 14.2. The predicted molar refractivity (Wildman–Crippen MR) is 219 cm³/mol. The van der Waals surface area contributed by atoms with E-state index in [0.717, 1.165) is 11.1 Å². The van der Waals surface area contributed by atoms with Crippen LogP contribution in [0.3, 0.4) is 0 Å². The Labute approximate surface area is 292 Å². The molecule has 0 fully saturated rings. The molecule has 50 heavy (non-hydrogen) atoms. The second-order valence-corrected chi connectivity index (χ2v) is 12.9. The van der Waals surface area contributed by atoms with Gasteiger partial charge in [0.15, 0.2) is 0 Å². The second kappa shape index (κ2) is 12.2. The molecule has 0 radical (unpaired) electrons. The van der Waals surface area contributed by atoms with Crippen LogP contribution in [-0.2, 0) is 0 Å². The van der Waals surface area contributed by atoms with Crippen molar-refractivity contribution in [2.45, 2.75) is 0 Å². The molecule has 0 unspecified atom stereocenters. The maximum absolute atomic E-state index is 4.13. The van der Waals surface area contributed by atoms with E-state index in [9.17, 15) is 0 Å². The molecule has 0 bridgehead atoms. The summed E-state index contributed by atoms with van der Waals surface area (Å²) in [6.07, 6.45) is 5.79. The molecule has 234 valence electrons. The fourth-order valence-electron chi connectivity index (χ4n) is 8.01. The molecule has 0 atom stereocenters. The third-order valence-corrected chi connectivity index (χ3v) is 10.2. The number of hydrogen-bond acceptors (Lipinski definition) is 0. The third-order valence-electron chi connectivity index (χ3n) is 10.2. The molecule has 0 spiro atoms. The van der Waals surface area contributed by atoms with Crippen LogP contribution < -0.4 is 0 Å². The molecule has 9 rings (SSSR count). The fraction of sp³-hybridized carbons (Fsp3) is 0. The minimum atomic E-state index is 1.05. The van der Waals surface area contributed by atoms with Crippen LogP contribution in [0, 0.1) is 0 Å². The van der Waals surface area contributed by atoms with Gasteiger partial charge < -0.3 is 0 Å². The van der Waals surface area contributed by atoms with Crippen molar-refractivity contribution in [3.63, 3.8) is 0 Å². The summed E-state index contributed by atoms with van der Waals surface area (Å²) < 4.78 is 0. The van der Waals surface area contributed by atoms with Crippen molar-refractivity contribution >= 4 is 59.4 Å². The Balaban J connectivity index is 1.29. The Bertz CT molecular complexity index is 2770. The normalized spacial score (nSPS) is 11.9. The van der Waals surface area contributed by atoms with Crippen molar-refractivity contribution < 1.29 is 0 Å². The largest absolute Gasteiger partial charge is 0.0990 e. The van der Waals surface area contributed by atoms with Crippen LogP contribution in [0.2, 0.25) is 0 Å². The van der Waals surface area contributed by atoms with Crippen molar-refractivity contribution in [1.82, 2.24) is 0 Å². The SMILES string of the molecule is C=C/C=C(\C=C)c1ccccc1-c1c2ccccc2c(-c2ccc(-c3c4ccccc4cc4c3ccc3ccccc34)cc2)c2ccccc12. The van der Waals surface area contributed by atoms with E-state index in [1.807, 2.05) is 18.2 Å². The van der Waals surface area contributed by atoms with Gasteiger partial charge in [0, 0.05) is 0 Å². The highest BCUT2D eigenvalue weighted by molar-refractivity contribution is 6.23. The van der Waals surface area contributed by atoms with Crippen molar-refractivity contribution in [3.8, 4) is 33.4 Å². The Kier molecular flexibility index (Phi) is 7.22. The lowest BCUT2D eigenvalue weighted by atomic mass is 9.83. The molecule has 0 saturated heterocycles. The van der Waals surface area contributed by atoms with Crippen LogP contribution in [0.5, 0.6) is 0 Å². The highest BCUT2D eigenvalue weighted by Gasteiger charge is 2.19. The molecule has 9 aromatic rings. The Hall–Kier alpha value is -6.50. The van der Waals surface area contributed by atoms with E-state index >= 15 is 0 Å². The summed E-state index contributed by atoms with van der Waals surface area (Å²) in [4.78, 5) is 0. The van der Waals surface area contributed by atoms with Crippen molar-refractivity contribution in [2.75, 3.05) is 0 Å². The van der Waals surface area contributed by atoms with Crippen LogP contribution in [0.25, 0.3) is 92.8 Å². The van der Waals surface area contributed by atoms with Gasteiger partial charge in [-0.1, -0.05) is 189 Å². The monoisotopic (exact) mass is 634 g/mol. The zero-order valence-electron chi connectivity index (χ0n) is 27.7. The van der Waals surface area contributed by atoms with Crippen LogP contribution in [-0.4, -0.2) is 0 Å². The standard InChI is InChI=1S/C50H34/c1-3-15-33(4-2)38-18-9-10-21-41(38)50-44-24-13-11-22-42(44)49(43-23-12-14-25-45(43)50)36-28-26-35(27-29-36)48-40-20-8-6-17-37(40)32-47-39-19-7-5-16-34(39)30-31-46(47)48/h3-32H,1-2H2/b33-15+.